The minimum atomic E-state index is 0.243. The van der Waals surface area contributed by atoms with Crippen molar-refractivity contribution in [1.82, 2.24) is 4.90 Å². The van der Waals surface area contributed by atoms with E-state index in [2.05, 4.69) is 18.7 Å². The van der Waals surface area contributed by atoms with E-state index in [1.165, 1.54) is 0 Å². The summed E-state index contributed by atoms with van der Waals surface area (Å²) in [5.74, 6) is 0.243. The van der Waals surface area contributed by atoms with E-state index in [1.54, 1.807) is 6.92 Å². The Kier molecular flexibility index (Phi) is 3.88. The van der Waals surface area contributed by atoms with Crippen molar-refractivity contribution in [2.45, 2.75) is 39.3 Å². The van der Waals surface area contributed by atoms with Gasteiger partial charge < -0.3 is 4.74 Å². The molecule has 0 aliphatic carbocycles. The fourth-order valence-corrected chi connectivity index (χ4v) is 1.77. The Morgan fingerprint density at radius 3 is 2.85 bits per heavy atom. The fraction of sp³-hybridized carbons (Fsp3) is 0.900. The molecule has 1 heterocycles. The highest BCUT2D eigenvalue weighted by Gasteiger charge is 2.25. The van der Waals surface area contributed by atoms with E-state index in [0.717, 1.165) is 19.6 Å². The van der Waals surface area contributed by atoms with Crippen molar-refractivity contribution >= 4 is 5.78 Å². The zero-order valence-electron chi connectivity index (χ0n) is 8.75. The first-order chi connectivity index (χ1) is 6.13. The molecule has 0 bridgehead atoms. The number of morpholine rings is 1. The van der Waals surface area contributed by atoms with Crippen molar-refractivity contribution in [2.75, 3.05) is 19.7 Å². The van der Waals surface area contributed by atoms with Gasteiger partial charge in [0.2, 0.25) is 0 Å². The molecule has 1 fully saturated rings. The number of carbonyl (C=O) groups is 1. The first-order valence-electron chi connectivity index (χ1n) is 4.98. The number of nitrogens with zero attached hydrogens (tertiary/aromatic N) is 1. The molecule has 1 aliphatic heterocycles. The summed E-state index contributed by atoms with van der Waals surface area (Å²) in [5, 5.41) is 0. The molecule has 2 unspecified atom stereocenters. The highest BCUT2D eigenvalue weighted by molar-refractivity contribution is 5.77. The van der Waals surface area contributed by atoms with E-state index < -0.39 is 0 Å². The summed E-state index contributed by atoms with van der Waals surface area (Å²) in [6.45, 7) is 8.07. The summed E-state index contributed by atoms with van der Waals surface area (Å²) in [5.41, 5.74) is 0. The van der Waals surface area contributed by atoms with Crippen molar-refractivity contribution in [2.24, 2.45) is 0 Å². The van der Waals surface area contributed by atoms with E-state index in [1.807, 2.05) is 0 Å². The Balaban J connectivity index is 2.49. The Bertz CT molecular complexity index is 182. The molecule has 1 saturated heterocycles. The molecule has 3 nitrogen and oxygen atoms in total. The SMILES string of the molecule is CCC1COC(C)CN1CC(C)=O. The second-order valence-corrected chi connectivity index (χ2v) is 3.84. The van der Waals surface area contributed by atoms with Crippen LogP contribution in [0.2, 0.25) is 0 Å². The van der Waals surface area contributed by atoms with Gasteiger partial charge in [0.1, 0.15) is 5.78 Å². The number of carbonyl (C=O) groups excluding carboxylic acids is 1. The lowest BCUT2D eigenvalue weighted by atomic mass is 10.1. The summed E-state index contributed by atoms with van der Waals surface area (Å²) in [6.07, 6.45) is 1.32. The molecule has 0 saturated carbocycles. The van der Waals surface area contributed by atoms with Gasteiger partial charge in [-0.3, -0.25) is 9.69 Å². The van der Waals surface area contributed by atoms with Gasteiger partial charge in [0, 0.05) is 12.6 Å². The van der Waals surface area contributed by atoms with Gasteiger partial charge in [-0.15, -0.1) is 0 Å². The largest absolute Gasteiger partial charge is 0.376 e. The topological polar surface area (TPSA) is 29.5 Å². The van der Waals surface area contributed by atoms with Gasteiger partial charge >= 0.3 is 0 Å². The van der Waals surface area contributed by atoms with Crippen LogP contribution in [0.15, 0.2) is 0 Å². The first kappa shape index (κ1) is 10.7. The number of hydrogen-bond donors (Lipinski definition) is 0. The Hall–Kier alpha value is -0.410. The maximum atomic E-state index is 11.0. The van der Waals surface area contributed by atoms with Crippen LogP contribution >= 0.6 is 0 Å². The van der Waals surface area contributed by atoms with E-state index in [4.69, 9.17) is 4.74 Å². The van der Waals surface area contributed by atoms with Crippen LogP contribution in [0.5, 0.6) is 0 Å². The van der Waals surface area contributed by atoms with Crippen molar-refractivity contribution in [3.8, 4) is 0 Å². The minimum absolute atomic E-state index is 0.243. The predicted molar refractivity (Wildman–Crippen MR) is 51.7 cm³/mol. The Morgan fingerprint density at radius 1 is 1.62 bits per heavy atom. The first-order valence-corrected chi connectivity index (χ1v) is 4.98. The van der Waals surface area contributed by atoms with Gasteiger partial charge in [-0.1, -0.05) is 6.92 Å². The number of ketones is 1. The van der Waals surface area contributed by atoms with Crippen LogP contribution in [0.3, 0.4) is 0 Å². The molecular formula is C10H19NO2. The molecule has 0 N–H and O–H groups in total. The molecule has 1 rings (SSSR count). The zero-order valence-corrected chi connectivity index (χ0v) is 8.75. The molecule has 3 heteroatoms. The van der Waals surface area contributed by atoms with E-state index in [-0.39, 0.29) is 11.9 Å². The van der Waals surface area contributed by atoms with Crippen LogP contribution < -0.4 is 0 Å². The van der Waals surface area contributed by atoms with Crippen molar-refractivity contribution in [1.29, 1.82) is 0 Å². The lowest BCUT2D eigenvalue weighted by Crippen LogP contribution is -2.50. The molecule has 76 valence electrons. The average molecular weight is 185 g/mol. The van der Waals surface area contributed by atoms with E-state index in [9.17, 15) is 4.79 Å². The number of Topliss-reactive ketones (excluding diaryl/α,β-unsaturated/α-hetero) is 1. The van der Waals surface area contributed by atoms with Crippen molar-refractivity contribution in [3.63, 3.8) is 0 Å². The maximum Gasteiger partial charge on any atom is 0.143 e. The van der Waals surface area contributed by atoms with Gasteiger partial charge in [-0.25, -0.2) is 0 Å². The molecule has 0 aromatic carbocycles. The molecular weight excluding hydrogens is 166 g/mol. The van der Waals surface area contributed by atoms with Crippen LogP contribution in [0.4, 0.5) is 0 Å². The van der Waals surface area contributed by atoms with Gasteiger partial charge in [0.25, 0.3) is 0 Å². The summed E-state index contributed by atoms with van der Waals surface area (Å²) < 4.78 is 5.54. The van der Waals surface area contributed by atoms with Crippen LogP contribution in [0, 0.1) is 0 Å². The van der Waals surface area contributed by atoms with Gasteiger partial charge in [-0.2, -0.15) is 0 Å². The highest BCUT2D eigenvalue weighted by atomic mass is 16.5. The van der Waals surface area contributed by atoms with Crippen LogP contribution in [0.1, 0.15) is 27.2 Å². The monoisotopic (exact) mass is 185 g/mol. The molecule has 0 amide bonds. The molecule has 1 aliphatic rings. The predicted octanol–water partition coefficient (Wildman–Crippen LogP) is 1.07. The number of rotatable bonds is 3. The third-order valence-corrected chi connectivity index (χ3v) is 2.48. The van der Waals surface area contributed by atoms with Crippen molar-refractivity contribution < 1.29 is 9.53 Å². The number of ether oxygens (including phenoxy) is 1. The second kappa shape index (κ2) is 4.72. The molecule has 0 aromatic heterocycles. The van der Waals surface area contributed by atoms with Crippen molar-refractivity contribution in [3.05, 3.63) is 0 Å². The zero-order chi connectivity index (χ0) is 9.84. The standard InChI is InChI=1S/C10H19NO2/c1-4-10-7-13-9(3)6-11(10)5-8(2)12/h9-10H,4-7H2,1-3H3. The third-order valence-electron chi connectivity index (χ3n) is 2.48. The lowest BCUT2D eigenvalue weighted by molar-refractivity contribution is -0.122. The molecule has 0 spiro atoms. The van der Waals surface area contributed by atoms with Crippen LogP contribution in [0.25, 0.3) is 0 Å². The average Bonchev–Trinajstić information content (AvgIpc) is 2.03. The molecule has 0 aromatic rings. The lowest BCUT2D eigenvalue weighted by Gasteiger charge is -2.37. The molecule has 0 radical (unpaired) electrons. The van der Waals surface area contributed by atoms with Crippen LogP contribution in [-0.2, 0) is 9.53 Å². The smallest absolute Gasteiger partial charge is 0.143 e. The van der Waals surface area contributed by atoms with Gasteiger partial charge in [-0.05, 0) is 20.3 Å². The van der Waals surface area contributed by atoms with Crippen LogP contribution in [-0.4, -0.2) is 42.5 Å². The minimum Gasteiger partial charge on any atom is -0.376 e. The Morgan fingerprint density at radius 2 is 2.31 bits per heavy atom. The van der Waals surface area contributed by atoms with Gasteiger partial charge in [0.05, 0.1) is 19.3 Å². The third kappa shape index (κ3) is 3.08. The van der Waals surface area contributed by atoms with E-state index in [0.29, 0.717) is 12.6 Å². The maximum absolute atomic E-state index is 11.0. The Labute approximate surface area is 80.1 Å². The van der Waals surface area contributed by atoms with Gasteiger partial charge in [0.15, 0.2) is 0 Å². The normalized spacial score (nSPS) is 30.4. The molecule has 13 heavy (non-hydrogen) atoms. The fourth-order valence-electron chi connectivity index (χ4n) is 1.77. The second-order valence-electron chi connectivity index (χ2n) is 3.84. The highest BCUT2D eigenvalue weighted by Crippen LogP contribution is 2.13. The summed E-state index contributed by atoms with van der Waals surface area (Å²) in [6, 6.07) is 0.431. The number of hydrogen-bond acceptors (Lipinski definition) is 3. The van der Waals surface area contributed by atoms with E-state index >= 15 is 0 Å². The summed E-state index contributed by atoms with van der Waals surface area (Å²) >= 11 is 0. The molecule has 2 atom stereocenters. The summed E-state index contributed by atoms with van der Waals surface area (Å²) in [7, 11) is 0. The quantitative estimate of drug-likeness (QED) is 0.659. The summed E-state index contributed by atoms with van der Waals surface area (Å²) in [4.78, 5) is 13.2.